The van der Waals surface area contributed by atoms with Crippen molar-refractivity contribution in [1.29, 1.82) is 0 Å². The van der Waals surface area contributed by atoms with Gasteiger partial charge in [0.25, 0.3) is 0 Å². The first-order valence-corrected chi connectivity index (χ1v) is 9.28. The van der Waals surface area contributed by atoms with Gasteiger partial charge in [-0.3, -0.25) is 0 Å². The fraction of sp³-hybridized carbons (Fsp3) is 0.714. The summed E-state index contributed by atoms with van der Waals surface area (Å²) in [6.45, 7) is 11.2. The molecule has 1 N–H and O–H groups in total. The van der Waals surface area contributed by atoms with Crippen molar-refractivity contribution in [1.82, 2.24) is 0 Å². The summed E-state index contributed by atoms with van der Waals surface area (Å²) in [5.41, 5.74) is 2.25. The average Bonchev–Trinajstić information content (AvgIpc) is 2.46. The minimum atomic E-state index is -0.135. The van der Waals surface area contributed by atoms with Crippen LogP contribution in [0.5, 0.6) is 11.5 Å². The SMILES string of the molecule is CC(C)C1CC(C)(C)Oc2cc(C3(C)CCCCC3)c(O)cc21. The van der Waals surface area contributed by atoms with Crippen molar-refractivity contribution < 1.29 is 9.84 Å². The zero-order valence-corrected chi connectivity index (χ0v) is 15.4. The van der Waals surface area contributed by atoms with Gasteiger partial charge in [-0.15, -0.1) is 0 Å². The number of aromatic hydroxyl groups is 1. The second-order valence-corrected chi connectivity index (χ2v) is 8.94. The fourth-order valence-corrected chi connectivity index (χ4v) is 4.62. The van der Waals surface area contributed by atoms with Gasteiger partial charge in [0.05, 0.1) is 0 Å². The molecule has 23 heavy (non-hydrogen) atoms. The Kier molecular flexibility index (Phi) is 4.14. The van der Waals surface area contributed by atoms with E-state index in [1.165, 1.54) is 24.8 Å². The number of hydrogen-bond acceptors (Lipinski definition) is 2. The van der Waals surface area contributed by atoms with Gasteiger partial charge >= 0.3 is 0 Å². The monoisotopic (exact) mass is 316 g/mol. The number of ether oxygens (including phenoxy) is 1. The van der Waals surface area contributed by atoms with Crippen LogP contribution in [0.15, 0.2) is 12.1 Å². The second kappa shape index (κ2) is 5.72. The smallest absolute Gasteiger partial charge is 0.124 e. The van der Waals surface area contributed by atoms with E-state index in [2.05, 4.69) is 40.7 Å². The van der Waals surface area contributed by atoms with Crippen LogP contribution < -0.4 is 4.74 Å². The molecule has 1 aromatic rings. The largest absolute Gasteiger partial charge is 0.508 e. The number of benzene rings is 1. The molecule has 1 fully saturated rings. The van der Waals surface area contributed by atoms with Gasteiger partial charge in [0, 0.05) is 11.1 Å². The van der Waals surface area contributed by atoms with Gasteiger partial charge in [0.2, 0.25) is 0 Å². The molecule has 0 radical (unpaired) electrons. The molecule has 1 unspecified atom stereocenters. The van der Waals surface area contributed by atoms with Gasteiger partial charge in [-0.05, 0) is 62.5 Å². The molecule has 0 amide bonds. The van der Waals surface area contributed by atoms with Crippen LogP contribution in [0.1, 0.15) is 90.2 Å². The molecular formula is C21H32O2. The zero-order valence-electron chi connectivity index (χ0n) is 15.4. The van der Waals surface area contributed by atoms with E-state index >= 15 is 0 Å². The van der Waals surface area contributed by atoms with Crippen LogP contribution >= 0.6 is 0 Å². The van der Waals surface area contributed by atoms with Crippen molar-refractivity contribution in [2.75, 3.05) is 0 Å². The van der Waals surface area contributed by atoms with Crippen LogP contribution in [0.3, 0.4) is 0 Å². The average molecular weight is 316 g/mol. The van der Waals surface area contributed by atoms with E-state index in [0.717, 1.165) is 30.6 Å². The lowest BCUT2D eigenvalue weighted by Crippen LogP contribution is -2.36. The molecule has 0 bridgehead atoms. The Morgan fingerprint density at radius 3 is 2.35 bits per heavy atom. The molecule has 1 heterocycles. The topological polar surface area (TPSA) is 29.5 Å². The molecule has 2 aliphatic rings. The fourth-order valence-electron chi connectivity index (χ4n) is 4.62. The number of phenolic OH excluding ortho intramolecular Hbond substituents is 1. The van der Waals surface area contributed by atoms with Gasteiger partial charge in [0.15, 0.2) is 0 Å². The minimum absolute atomic E-state index is 0.0929. The van der Waals surface area contributed by atoms with Crippen LogP contribution in [0, 0.1) is 5.92 Å². The van der Waals surface area contributed by atoms with Crippen molar-refractivity contribution in [2.24, 2.45) is 5.92 Å². The van der Waals surface area contributed by atoms with E-state index in [-0.39, 0.29) is 11.0 Å². The Bertz CT molecular complexity index is 580. The molecule has 1 aliphatic heterocycles. The van der Waals surface area contributed by atoms with Gasteiger partial charge in [-0.1, -0.05) is 40.0 Å². The highest BCUT2D eigenvalue weighted by molar-refractivity contribution is 5.52. The summed E-state index contributed by atoms with van der Waals surface area (Å²) in [7, 11) is 0. The molecule has 2 heteroatoms. The summed E-state index contributed by atoms with van der Waals surface area (Å²) >= 11 is 0. The van der Waals surface area contributed by atoms with Gasteiger partial charge in [-0.25, -0.2) is 0 Å². The summed E-state index contributed by atoms with van der Waals surface area (Å²) in [5, 5.41) is 10.8. The van der Waals surface area contributed by atoms with Crippen molar-refractivity contribution in [3.05, 3.63) is 23.3 Å². The van der Waals surface area contributed by atoms with Crippen LogP contribution in [0.4, 0.5) is 0 Å². The Morgan fingerprint density at radius 2 is 1.74 bits per heavy atom. The molecule has 128 valence electrons. The summed E-state index contributed by atoms with van der Waals surface area (Å²) in [6.07, 6.45) is 7.17. The normalized spacial score (nSPS) is 25.7. The third-order valence-corrected chi connectivity index (χ3v) is 6.04. The molecule has 0 saturated heterocycles. The van der Waals surface area contributed by atoms with Crippen LogP contribution in [0.2, 0.25) is 0 Å². The Labute approximate surface area is 141 Å². The highest BCUT2D eigenvalue weighted by atomic mass is 16.5. The predicted octanol–water partition coefficient (Wildman–Crippen LogP) is 5.91. The predicted molar refractivity (Wildman–Crippen MR) is 95.4 cm³/mol. The maximum Gasteiger partial charge on any atom is 0.124 e. The zero-order chi connectivity index (χ0) is 16.8. The van der Waals surface area contributed by atoms with Crippen LogP contribution in [-0.4, -0.2) is 10.7 Å². The summed E-state index contributed by atoms with van der Waals surface area (Å²) < 4.78 is 6.32. The first-order valence-electron chi connectivity index (χ1n) is 9.28. The number of fused-ring (bicyclic) bond motifs is 1. The summed E-state index contributed by atoms with van der Waals surface area (Å²) in [6, 6.07) is 4.16. The lowest BCUT2D eigenvalue weighted by molar-refractivity contribution is 0.0634. The lowest BCUT2D eigenvalue weighted by Gasteiger charge is -2.41. The quantitative estimate of drug-likeness (QED) is 0.734. The lowest BCUT2D eigenvalue weighted by atomic mass is 9.69. The first kappa shape index (κ1) is 16.7. The molecule has 1 atom stereocenters. The van der Waals surface area contributed by atoms with Crippen molar-refractivity contribution >= 4 is 0 Å². The first-order chi connectivity index (χ1) is 10.7. The van der Waals surface area contributed by atoms with E-state index < -0.39 is 0 Å². The second-order valence-electron chi connectivity index (χ2n) is 8.94. The molecule has 1 saturated carbocycles. The molecule has 0 aromatic heterocycles. The third-order valence-electron chi connectivity index (χ3n) is 6.04. The van der Waals surface area contributed by atoms with Crippen molar-refractivity contribution in [2.45, 2.75) is 90.1 Å². The summed E-state index contributed by atoms with van der Waals surface area (Å²) in [5.74, 6) is 2.47. The molecular weight excluding hydrogens is 284 g/mol. The molecule has 3 rings (SSSR count). The van der Waals surface area contributed by atoms with Crippen molar-refractivity contribution in [3.8, 4) is 11.5 Å². The Morgan fingerprint density at radius 1 is 1.09 bits per heavy atom. The van der Waals surface area contributed by atoms with E-state index in [0.29, 0.717) is 17.6 Å². The minimum Gasteiger partial charge on any atom is -0.508 e. The highest BCUT2D eigenvalue weighted by Gasteiger charge is 2.38. The van der Waals surface area contributed by atoms with Gasteiger partial charge < -0.3 is 9.84 Å². The summed E-state index contributed by atoms with van der Waals surface area (Å²) in [4.78, 5) is 0. The third kappa shape index (κ3) is 3.09. The van der Waals surface area contributed by atoms with Gasteiger partial charge in [0.1, 0.15) is 17.1 Å². The molecule has 0 spiro atoms. The highest BCUT2D eigenvalue weighted by Crippen LogP contribution is 2.50. The van der Waals surface area contributed by atoms with Gasteiger partial charge in [-0.2, -0.15) is 0 Å². The number of hydrogen-bond donors (Lipinski definition) is 1. The molecule has 1 aromatic carbocycles. The van der Waals surface area contributed by atoms with E-state index in [4.69, 9.17) is 4.74 Å². The molecule has 1 aliphatic carbocycles. The van der Waals surface area contributed by atoms with E-state index in [1.54, 1.807) is 0 Å². The maximum atomic E-state index is 10.8. The maximum absolute atomic E-state index is 10.8. The van der Waals surface area contributed by atoms with Crippen LogP contribution in [-0.2, 0) is 5.41 Å². The van der Waals surface area contributed by atoms with Crippen molar-refractivity contribution in [3.63, 3.8) is 0 Å². The van der Waals surface area contributed by atoms with Crippen LogP contribution in [0.25, 0.3) is 0 Å². The Balaban J connectivity index is 2.06. The number of phenols is 1. The standard InChI is InChI=1S/C21H32O2/c1-14(2)16-13-20(3,4)23-19-12-17(18(22)11-15(16)19)21(5)9-7-6-8-10-21/h11-12,14,16,22H,6-10,13H2,1-5H3. The molecule has 2 nitrogen and oxygen atoms in total. The van der Waals surface area contributed by atoms with E-state index in [1.807, 2.05) is 6.07 Å². The Hall–Kier alpha value is -1.18. The van der Waals surface area contributed by atoms with E-state index in [9.17, 15) is 5.11 Å². The number of rotatable bonds is 2.